The number of Topliss-reactive ketones (excluding diaryl/α,β-unsaturated/α-hetero) is 1. The maximum absolute atomic E-state index is 14.0. The first-order valence-electron chi connectivity index (χ1n) is 13.4. The summed E-state index contributed by atoms with van der Waals surface area (Å²) in [6, 6.07) is -1.86. The molecule has 4 rings (SSSR count). The minimum Gasteiger partial charge on any atom is -0.347 e. The summed E-state index contributed by atoms with van der Waals surface area (Å²) in [7, 11) is 0. The van der Waals surface area contributed by atoms with Gasteiger partial charge < -0.3 is 26.2 Å². The second-order valence-corrected chi connectivity index (χ2v) is 14.5. The van der Waals surface area contributed by atoms with Crippen molar-refractivity contribution in [2.24, 2.45) is 5.41 Å². The molecule has 1 aromatic rings. The van der Waals surface area contributed by atoms with Crippen molar-refractivity contribution < 1.29 is 28.8 Å². The van der Waals surface area contributed by atoms with Gasteiger partial charge in [0.15, 0.2) is 0 Å². The lowest BCUT2D eigenvalue weighted by Gasteiger charge is -2.35. The predicted octanol–water partition coefficient (Wildman–Crippen LogP) is -0.522. The van der Waals surface area contributed by atoms with Crippen LogP contribution in [0.15, 0.2) is 18.6 Å². The van der Waals surface area contributed by atoms with Crippen LogP contribution in [0.2, 0.25) is 0 Å². The third kappa shape index (κ3) is 7.97. The average molecular weight is 606 g/mol. The molecule has 0 bridgehead atoms. The number of likely N-dealkylation sites (tertiary alicyclic amines) is 1. The molecule has 3 heterocycles. The molecule has 4 N–H and O–H groups in total. The minimum atomic E-state index is -1.00. The number of rotatable bonds is 10. The molecule has 0 aromatic carbocycles. The number of amides is 5. The number of carbonyl (C=O) groups is 6. The molecule has 1 aliphatic carbocycles. The Kier molecular flexibility index (Phi) is 9.57. The molecule has 1 saturated carbocycles. The SMILES string of the molecule is CC(C)(C)[C@H](NC(=O)CNC(=O)c1cnccn1)C(=O)N1CC2(C[C@H]1C(=O)NCC(=O)C(=O)NC1CC1)SCCS2. The van der Waals surface area contributed by atoms with Gasteiger partial charge in [-0.2, -0.15) is 0 Å². The van der Waals surface area contributed by atoms with Gasteiger partial charge in [0.1, 0.15) is 17.8 Å². The van der Waals surface area contributed by atoms with Crippen LogP contribution in [-0.4, -0.2) is 104 Å². The molecule has 222 valence electrons. The van der Waals surface area contributed by atoms with Crippen LogP contribution >= 0.6 is 23.5 Å². The van der Waals surface area contributed by atoms with E-state index in [9.17, 15) is 28.8 Å². The smallest absolute Gasteiger partial charge is 0.289 e. The normalized spacial score (nSPS) is 20.3. The molecule has 13 nitrogen and oxygen atoms in total. The Balaban J connectivity index is 1.42. The molecule has 2 aliphatic heterocycles. The van der Waals surface area contributed by atoms with Gasteiger partial charge in [-0.1, -0.05) is 20.8 Å². The van der Waals surface area contributed by atoms with Crippen LogP contribution in [0.4, 0.5) is 0 Å². The van der Waals surface area contributed by atoms with E-state index in [1.165, 1.54) is 23.5 Å². The Morgan fingerprint density at radius 3 is 2.37 bits per heavy atom. The maximum Gasteiger partial charge on any atom is 0.289 e. The molecule has 1 aromatic heterocycles. The number of aromatic nitrogens is 2. The van der Waals surface area contributed by atoms with Gasteiger partial charge in [0.2, 0.25) is 23.5 Å². The van der Waals surface area contributed by atoms with Crippen molar-refractivity contribution >= 4 is 58.8 Å². The van der Waals surface area contributed by atoms with E-state index in [1.807, 2.05) is 0 Å². The van der Waals surface area contributed by atoms with E-state index in [2.05, 4.69) is 31.2 Å². The number of hydrogen-bond donors (Lipinski definition) is 4. The Morgan fingerprint density at radius 2 is 1.76 bits per heavy atom. The molecular formula is C26H35N7O6S2. The topological polar surface area (TPSA) is 180 Å². The van der Waals surface area contributed by atoms with Crippen molar-refractivity contribution in [3.05, 3.63) is 24.3 Å². The number of thioether (sulfide) groups is 2. The summed E-state index contributed by atoms with van der Waals surface area (Å²) in [4.78, 5) is 85.9. The van der Waals surface area contributed by atoms with Crippen molar-refractivity contribution in [2.45, 2.75) is 62.2 Å². The highest BCUT2D eigenvalue weighted by Gasteiger charge is 2.53. The highest BCUT2D eigenvalue weighted by atomic mass is 32.2. The average Bonchev–Trinajstić information content (AvgIpc) is 3.50. The summed E-state index contributed by atoms with van der Waals surface area (Å²) in [5, 5.41) is 10.4. The van der Waals surface area contributed by atoms with E-state index in [-0.39, 0.29) is 22.4 Å². The van der Waals surface area contributed by atoms with Crippen molar-refractivity contribution in [1.29, 1.82) is 0 Å². The summed E-state index contributed by atoms with van der Waals surface area (Å²) >= 11 is 3.38. The Labute approximate surface area is 246 Å². The summed E-state index contributed by atoms with van der Waals surface area (Å²) in [6.07, 6.45) is 6.10. The van der Waals surface area contributed by atoms with Crippen molar-refractivity contribution in [3.63, 3.8) is 0 Å². The number of ketones is 1. The van der Waals surface area contributed by atoms with E-state index in [0.717, 1.165) is 24.3 Å². The summed E-state index contributed by atoms with van der Waals surface area (Å²) in [5.74, 6) is -1.84. The van der Waals surface area contributed by atoms with Crippen LogP contribution in [0.3, 0.4) is 0 Å². The molecule has 3 aliphatic rings. The summed E-state index contributed by atoms with van der Waals surface area (Å²) in [5.41, 5.74) is -0.680. The van der Waals surface area contributed by atoms with Gasteiger partial charge in [0.25, 0.3) is 11.8 Å². The van der Waals surface area contributed by atoms with Crippen molar-refractivity contribution in [1.82, 2.24) is 36.1 Å². The van der Waals surface area contributed by atoms with E-state index < -0.39 is 59.4 Å². The minimum absolute atomic E-state index is 0.0197. The highest BCUT2D eigenvalue weighted by molar-refractivity contribution is 8.21. The van der Waals surface area contributed by atoms with Crippen molar-refractivity contribution in [2.75, 3.05) is 31.1 Å². The quantitative estimate of drug-likeness (QED) is 0.254. The third-order valence-electron chi connectivity index (χ3n) is 6.90. The second-order valence-electron chi connectivity index (χ2n) is 11.3. The van der Waals surface area contributed by atoms with Crippen LogP contribution in [0.1, 0.15) is 50.5 Å². The van der Waals surface area contributed by atoms with Crippen LogP contribution in [0, 0.1) is 5.41 Å². The fraction of sp³-hybridized carbons (Fsp3) is 0.615. The van der Waals surface area contributed by atoms with E-state index in [0.29, 0.717) is 13.0 Å². The summed E-state index contributed by atoms with van der Waals surface area (Å²) in [6.45, 7) is 4.83. The fourth-order valence-corrected chi connectivity index (χ4v) is 7.82. The number of hydrogen-bond acceptors (Lipinski definition) is 10. The van der Waals surface area contributed by atoms with Crippen molar-refractivity contribution in [3.8, 4) is 0 Å². The standard InChI is InChI=1S/C26H35N7O6S2/c1-25(2,3)20(32-19(35)13-30-21(36)16-11-27-6-7-28-16)24(39)33-14-26(40-8-9-41-26)10-17(33)22(37)29-12-18(34)23(38)31-15-4-5-15/h6-7,11,15,17,20H,4-5,8-10,12-14H2,1-3H3,(H,29,37)(H,30,36)(H,31,38)(H,32,35)/t17-,20+/m0/s1. The van der Waals surface area contributed by atoms with Gasteiger partial charge in [-0.3, -0.25) is 33.8 Å². The Bertz CT molecular complexity index is 1200. The third-order valence-corrected chi connectivity index (χ3v) is 10.3. The molecule has 3 fully saturated rings. The van der Waals surface area contributed by atoms with Crippen LogP contribution < -0.4 is 21.3 Å². The largest absolute Gasteiger partial charge is 0.347 e. The number of carbonyl (C=O) groups excluding carboxylic acids is 6. The number of nitrogens with one attached hydrogen (secondary N) is 4. The molecule has 2 atom stereocenters. The zero-order chi connectivity index (χ0) is 29.8. The number of nitrogens with zero attached hydrogens (tertiary/aromatic N) is 3. The molecular weight excluding hydrogens is 570 g/mol. The van der Waals surface area contributed by atoms with Gasteiger partial charge >= 0.3 is 0 Å². The van der Waals surface area contributed by atoms with Gasteiger partial charge in [0, 0.05) is 42.9 Å². The first-order chi connectivity index (χ1) is 19.4. The second kappa shape index (κ2) is 12.8. The molecule has 5 amide bonds. The van der Waals surface area contributed by atoms with Crippen LogP contribution in [-0.2, 0) is 24.0 Å². The Hall–Kier alpha value is -3.20. The molecule has 1 spiro atoms. The lowest BCUT2D eigenvalue weighted by atomic mass is 9.85. The zero-order valence-corrected chi connectivity index (χ0v) is 24.9. The fourth-order valence-electron chi connectivity index (χ4n) is 4.56. The van der Waals surface area contributed by atoms with E-state index in [1.54, 1.807) is 44.3 Å². The molecule has 15 heteroatoms. The monoisotopic (exact) mass is 605 g/mol. The molecule has 0 unspecified atom stereocenters. The molecule has 0 radical (unpaired) electrons. The first kappa shape index (κ1) is 30.8. The van der Waals surface area contributed by atoms with Gasteiger partial charge in [-0.05, 0) is 18.3 Å². The molecule has 2 saturated heterocycles. The lowest BCUT2D eigenvalue weighted by Crippen LogP contribution is -2.59. The molecule has 41 heavy (non-hydrogen) atoms. The van der Waals surface area contributed by atoms with Gasteiger partial charge in [-0.15, -0.1) is 23.5 Å². The van der Waals surface area contributed by atoms with E-state index >= 15 is 0 Å². The van der Waals surface area contributed by atoms with Crippen LogP contribution in [0.5, 0.6) is 0 Å². The van der Waals surface area contributed by atoms with Gasteiger partial charge in [-0.25, -0.2) is 4.98 Å². The lowest BCUT2D eigenvalue weighted by molar-refractivity contribution is -0.144. The Morgan fingerprint density at radius 1 is 1.05 bits per heavy atom. The van der Waals surface area contributed by atoms with E-state index in [4.69, 9.17) is 0 Å². The highest BCUT2D eigenvalue weighted by Crippen LogP contribution is 2.52. The summed E-state index contributed by atoms with van der Waals surface area (Å²) < 4.78 is -0.373. The van der Waals surface area contributed by atoms with Gasteiger partial charge in [0.05, 0.1) is 23.4 Å². The van der Waals surface area contributed by atoms with Crippen LogP contribution in [0.25, 0.3) is 0 Å². The maximum atomic E-state index is 14.0. The predicted molar refractivity (Wildman–Crippen MR) is 153 cm³/mol. The first-order valence-corrected chi connectivity index (χ1v) is 15.4. The zero-order valence-electron chi connectivity index (χ0n) is 23.2.